The van der Waals surface area contributed by atoms with Gasteiger partial charge in [-0.2, -0.15) is 0 Å². The van der Waals surface area contributed by atoms with Crippen molar-refractivity contribution < 1.29 is 4.79 Å². The van der Waals surface area contributed by atoms with E-state index in [4.69, 9.17) is 0 Å². The molecular formula is C19H33N3O. The molecule has 0 radical (unpaired) electrons. The summed E-state index contributed by atoms with van der Waals surface area (Å²) < 4.78 is 0. The smallest absolute Gasteiger partial charge is 0.317 e. The van der Waals surface area contributed by atoms with Crippen molar-refractivity contribution >= 4 is 6.03 Å². The molecule has 1 aromatic rings. The summed E-state index contributed by atoms with van der Waals surface area (Å²) in [5.74, 6) is 0. The van der Waals surface area contributed by atoms with E-state index in [0.29, 0.717) is 12.6 Å². The lowest BCUT2D eigenvalue weighted by Gasteiger charge is -2.23. The van der Waals surface area contributed by atoms with Crippen LogP contribution >= 0.6 is 0 Å². The van der Waals surface area contributed by atoms with Crippen molar-refractivity contribution in [2.75, 3.05) is 26.7 Å². The van der Waals surface area contributed by atoms with Gasteiger partial charge in [0.05, 0.1) is 0 Å². The molecule has 4 nitrogen and oxygen atoms in total. The Morgan fingerprint density at radius 2 is 1.91 bits per heavy atom. The van der Waals surface area contributed by atoms with Gasteiger partial charge in [0.1, 0.15) is 0 Å². The highest BCUT2D eigenvalue weighted by Crippen LogP contribution is 2.10. The van der Waals surface area contributed by atoms with Crippen LogP contribution in [-0.2, 0) is 6.54 Å². The Labute approximate surface area is 141 Å². The van der Waals surface area contributed by atoms with E-state index < -0.39 is 0 Å². The zero-order valence-electron chi connectivity index (χ0n) is 15.4. The number of nitrogens with one attached hydrogen (secondary N) is 1. The second-order valence-corrected chi connectivity index (χ2v) is 6.45. The second-order valence-electron chi connectivity index (χ2n) is 6.45. The molecule has 0 heterocycles. The van der Waals surface area contributed by atoms with Gasteiger partial charge in [-0.05, 0) is 65.3 Å². The summed E-state index contributed by atoms with van der Waals surface area (Å²) in [5, 5.41) is 3.04. The van der Waals surface area contributed by atoms with Gasteiger partial charge in [-0.3, -0.25) is 0 Å². The van der Waals surface area contributed by atoms with Gasteiger partial charge >= 0.3 is 6.03 Å². The molecule has 0 spiro atoms. The van der Waals surface area contributed by atoms with Gasteiger partial charge in [-0.15, -0.1) is 0 Å². The average Bonchev–Trinajstić information content (AvgIpc) is 2.53. The zero-order valence-corrected chi connectivity index (χ0v) is 15.4. The van der Waals surface area contributed by atoms with Crippen LogP contribution < -0.4 is 5.32 Å². The lowest BCUT2D eigenvalue weighted by atomic mass is 10.1. The second kappa shape index (κ2) is 10.3. The first-order valence-electron chi connectivity index (χ1n) is 8.73. The molecule has 0 aliphatic rings. The van der Waals surface area contributed by atoms with Crippen LogP contribution in [-0.4, -0.2) is 48.6 Å². The van der Waals surface area contributed by atoms with E-state index in [1.165, 1.54) is 11.1 Å². The van der Waals surface area contributed by atoms with Crippen LogP contribution in [0.2, 0.25) is 0 Å². The predicted octanol–water partition coefficient (Wildman–Crippen LogP) is 3.65. The number of carbonyl (C=O) groups excluding carboxylic acids is 1. The minimum Gasteiger partial charge on any atom is -0.338 e. The lowest BCUT2D eigenvalue weighted by Crippen LogP contribution is -2.40. The molecule has 0 aliphatic carbocycles. The molecule has 0 atom stereocenters. The molecule has 4 heteroatoms. The van der Waals surface area contributed by atoms with Crippen molar-refractivity contribution in [3.8, 4) is 0 Å². The molecule has 1 aromatic carbocycles. The third-order valence-corrected chi connectivity index (χ3v) is 4.39. The number of aryl methyl sites for hydroxylation is 1. The summed E-state index contributed by atoms with van der Waals surface area (Å²) in [6, 6.07) is 8.85. The van der Waals surface area contributed by atoms with Gasteiger partial charge in [0.15, 0.2) is 0 Å². The van der Waals surface area contributed by atoms with E-state index in [1.807, 2.05) is 24.0 Å². The predicted molar refractivity (Wildman–Crippen MR) is 97.7 cm³/mol. The quantitative estimate of drug-likeness (QED) is 0.705. The van der Waals surface area contributed by atoms with Crippen LogP contribution in [0.1, 0.15) is 44.7 Å². The Morgan fingerprint density at radius 3 is 2.52 bits per heavy atom. The van der Waals surface area contributed by atoms with Crippen LogP contribution in [0.15, 0.2) is 24.3 Å². The SMILES string of the molecule is CCN(Cc1ccccc1C)C(=O)NCCCCN(C)C(C)C. The van der Waals surface area contributed by atoms with E-state index >= 15 is 0 Å². The molecule has 0 saturated carbocycles. The Kier molecular flexibility index (Phi) is 8.70. The van der Waals surface area contributed by atoms with Crippen molar-refractivity contribution in [1.29, 1.82) is 0 Å². The molecule has 0 unspecified atom stereocenters. The minimum absolute atomic E-state index is 0.0352. The number of hydrogen-bond acceptors (Lipinski definition) is 2. The van der Waals surface area contributed by atoms with Gasteiger partial charge < -0.3 is 15.1 Å². The highest BCUT2D eigenvalue weighted by atomic mass is 16.2. The molecule has 1 rings (SSSR count). The van der Waals surface area contributed by atoms with Crippen molar-refractivity contribution in [1.82, 2.24) is 15.1 Å². The van der Waals surface area contributed by atoms with E-state index in [-0.39, 0.29) is 6.03 Å². The molecule has 0 bridgehead atoms. The van der Waals surface area contributed by atoms with Crippen LogP contribution in [0.4, 0.5) is 4.79 Å². The largest absolute Gasteiger partial charge is 0.338 e. The third kappa shape index (κ3) is 7.04. The number of amides is 2. The van der Waals surface area contributed by atoms with Crippen LogP contribution in [0.3, 0.4) is 0 Å². The van der Waals surface area contributed by atoms with E-state index in [1.54, 1.807) is 0 Å². The molecule has 0 aliphatic heterocycles. The van der Waals surface area contributed by atoms with Gasteiger partial charge in [-0.25, -0.2) is 4.79 Å². The maximum atomic E-state index is 12.3. The maximum Gasteiger partial charge on any atom is 0.317 e. The Balaban J connectivity index is 2.33. The normalized spacial score (nSPS) is 11.1. The van der Waals surface area contributed by atoms with Crippen LogP contribution in [0, 0.1) is 6.92 Å². The van der Waals surface area contributed by atoms with Gasteiger partial charge in [0.2, 0.25) is 0 Å². The van der Waals surface area contributed by atoms with E-state index in [2.05, 4.69) is 50.2 Å². The summed E-state index contributed by atoms with van der Waals surface area (Å²) >= 11 is 0. The van der Waals surface area contributed by atoms with Gasteiger partial charge in [0.25, 0.3) is 0 Å². The number of urea groups is 1. The van der Waals surface area contributed by atoms with Crippen LogP contribution in [0.25, 0.3) is 0 Å². The van der Waals surface area contributed by atoms with Crippen molar-refractivity contribution in [2.24, 2.45) is 0 Å². The Hall–Kier alpha value is -1.55. The molecule has 0 saturated heterocycles. The highest BCUT2D eigenvalue weighted by molar-refractivity contribution is 5.74. The van der Waals surface area contributed by atoms with Crippen molar-refractivity contribution in [3.63, 3.8) is 0 Å². The number of unbranched alkanes of at least 4 members (excludes halogenated alkanes) is 1. The van der Waals surface area contributed by atoms with E-state index in [9.17, 15) is 4.79 Å². The van der Waals surface area contributed by atoms with Gasteiger partial charge in [0, 0.05) is 25.7 Å². The average molecular weight is 319 g/mol. The molecule has 0 fully saturated rings. The number of benzene rings is 1. The fourth-order valence-corrected chi connectivity index (χ4v) is 2.37. The number of carbonyl (C=O) groups is 1. The van der Waals surface area contributed by atoms with Gasteiger partial charge in [-0.1, -0.05) is 24.3 Å². The standard InChI is InChI=1S/C19H33N3O/c1-6-22(15-18-12-8-7-11-17(18)4)19(23)20-13-9-10-14-21(5)16(2)3/h7-8,11-12,16H,6,9-10,13-15H2,1-5H3,(H,20,23). The Morgan fingerprint density at radius 1 is 1.22 bits per heavy atom. The topological polar surface area (TPSA) is 35.6 Å². The summed E-state index contributed by atoms with van der Waals surface area (Å²) in [4.78, 5) is 16.5. The summed E-state index contributed by atoms with van der Waals surface area (Å²) in [7, 11) is 2.14. The van der Waals surface area contributed by atoms with Crippen molar-refractivity contribution in [2.45, 2.75) is 53.1 Å². The molecule has 1 N–H and O–H groups in total. The summed E-state index contributed by atoms with van der Waals surface area (Å²) in [5.41, 5.74) is 2.44. The highest BCUT2D eigenvalue weighted by Gasteiger charge is 2.12. The fraction of sp³-hybridized carbons (Fsp3) is 0.632. The maximum absolute atomic E-state index is 12.3. The fourth-order valence-electron chi connectivity index (χ4n) is 2.37. The lowest BCUT2D eigenvalue weighted by molar-refractivity contribution is 0.197. The first kappa shape index (κ1) is 19.5. The van der Waals surface area contributed by atoms with Crippen LogP contribution in [0.5, 0.6) is 0 Å². The first-order chi connectivity index (χ1) is 11.0. The van der Waals surface area contributed by atoms with E-state index in [0.717, 1.165) is 32.5 Å². The molecule has 2 amide bonds. The molecule has 0 aromatic heterocycles. The minimum atomic E-state index is 0.0352. The first-order valence-corrected chi connectivity index (χ1v) is 8.73. The Bertz CT molecular complexity index is 473. The third-order valence-electron chi connectivity index (χ3n) is 4.39. The summed E-state index contributed by atoms with van der Waals surface area (Å²) in [6.07, 6.45) is 2.13. The monoisotopic (exact) mass is 319 g/mol. The number of rotatable bonds is 9. The zero-order chi connectivity index (χ0) is 17.2. The van der Waals surface area contributed by atoms with Crippen molar-refractivity contribution in [3.05, 3.63) is 35.4 Å². The molecule has 23 heavy (non-hydrogen) atoms. The molecule has 130 valence electrons. The number of nitrogens with zero attached hydrogens (tertiary/aromatic N) is 2. The number of hydrogen-bond donors (Lipinski definition) is 1. The molecular weight excluding hydrogens is 286 g/mol. The summed E-state index contributed by atoms with van der Waals surface area (Å²) in [6.45, 7) is 11.7.